The van der Waals surface area contributed by atoms with Gasteiger partial charge in [-0.05, 0) is 35.9 Å². The Labute approximate surface area is 151 Å². The third kappa shape index (κ3) is 3.83. The highest BCUT2D eigenvalue weighted by molar-refractivity contribution is 5.98. The van der Waals surface area contributed by atoms with E-state index in [1.54, 1.807) is 54.4 Å². The molecule has 0 aliphatic carbocycles. The Bertz CT molecular complexity index is 850. The molecule has 1 saturated heterocycles. The van der Waals surface area contributed by atoms with Gasteiger partial charge in [-0.3, -0.25) is 14.5 Å². The van der Waals surface area contributed by atoms with E-state index in [2.05, 4.69) is 16.0 Å². The number of nitrogens with one attached hydrogen (secondary N) is 3. The molecule has 7 nitrogen and oxygen atoms in total. The van der Waals surface area contributed by atoms with Crippen LogP contribution < -0.4 is 20.9 Å². The summed E-state index contributed by atoms with van der Waals surface area (Å²) in [5.41, 5.74) is 2.54. The van der Waals surface area contributed by atoms with E-state index in [0.717, 1.165) is 5.56 Å². The lowest BCUT2D eigenvalue weighted by Crippen LogP contribution is -2.28. The second kappa shape index (κ2) is 7.69. The Kier molecular flexibility index (Phi) is 5.17. The van der Waals surface area contributed by atoms with E-state index in [-0.39, 0.29) is 17.8 Å². The number of urea groups is 1. The Hall–Kier alpha value is -3.35. The number of carbonyl (C=O) groups is 3. The van der Waals surface area contributed by atoms with E-state index in [1.807, 2.05) is 6.07 Å². The fourth-order valence-electron chi connectivity index (χ4n) is 2.78. The van der Waals surface area contributed by atoms with Crippen molar-refractivity contribution in [1.29, 1.82) is 0 Å². The molecule has 2 aromatic carbocycles. The van der Waals surface area contributed by atoms with Crippen LogP contribution in [0.15, 0.2) is 48.5 Å². The Balaban J connectivity index is 1.67. The second-order valence-electron chi connectivity index (χ2n) is 5.90. The topological polar surface area (TPSA) is 90.5 Å². The number of anilines is 1. The minimum Gasteiger partial charge on any atom is -0.355 e. The van der Waals surface area contributed by atoms with Crippen LogP contribution in [-0.4, -0.2) is 38.0 Å². The van der Waals surface area contributed by atoms with E-state index in [9.17, 15) is 14.4 Å². The minimum absolute atomic E-state index is 0.159. The van der Waals surface area contributed by atoms with Crippen LogP contribution in [0.1, 0.15) is 26.3 Å². The molecule has 0 bridgehead atoms. The summed E-state index contributed by atoms with van der Waals surface area (Å²) < 4.78 is 0. The van der Waals surface area contributed by atoms with Gasteiger partial charge in [0.05, 0.1) is 0 Å². The molecule has 7 heteroatoms. The van der Waals surface area contributed by atoms with Gasteiger partial charge >= 0.3 is 6.03 Å². The molecule has 2 aromatic rings. The van der Waals surface area contributed by atoms with Crippen LogP contribution in [0.4, 0.5) is 10.5 Å². The fraction of sp³-hybridized carbons (Fsp3) is 0.211. The second-order valence-corrected chi connectivity index (χ2v) is 5.90. The smallest absolute Gasteiger partial charge is 0.321 e. The zero-order chi connectivity index (χ0) is 18.5. The summed E-state index contributed by atoms with van der Waals surface area (Å²) in [7, 11) is 1.57. The molecule has 0 aromatic heterocycles. The lowest BCUT2D eigenvalue weighted by atomic mass is 10.1. The molecule has 3 N–H and O–H groups in total. The summed E-state index contributed by atoms with van der Waals surface area (Å²) in [6, 6.07) is 13.9. The average Bonchev–Trinajstić information content (AvgIpc) is 3.11. The summed E-state index contributed by atoms with van der Waals surface area (Å²) >= 11 is 0. The van der Waals surface area contributed by atoms with Crippen molar-refractivity contribution in [1.82, 2.24) is 16.0 Å². The first kappa shape index (κ1) is 17.5. The van der Waals surface area contributed by atoms with Crippen LogP contribution in [0, 0.1) is 0 Å². The van der Waals surface area contributed by atoms with Gasteiger partial charge in [-0.15, -0.1) is 0 Å². The van der Waals surface area contributed by atoms with Crippen molar-refractivity contribution in [3.8, 4) is 0 Å². The first-order valence-electron chi connectivity index (χ1n) is 8.33. The summed E-state index contributed by atoms with van der Waals surface area (Å²) in [5.74, 6) is -0.411. The van der Waals surface area contributed by atoms with E-state index < -0.39 is 0 Å². The third-order valence-corrected chi connectivity index (χ3v) is 4.15. The summed E-state index contributed by atoms with van der Waals surface area (Å²) in [5, 5.41) is 8.15. The van der Waals surface area contributed by atoms with Gasteiger partial charge in [0.2, 0.25) is 0 Å². The van der Waals surface area contributed by atoms with E-state index >= 15 is 0 Å². The lowest BCUT2D eigenvalue weighted by Gasteiger charge is -2.15. The molecule has 1 aliphatic heterocycles. The number of hydrogen-bond acceptors (Lipinski definition) is 3. The number of hydrogen-bond donors (Lipinski definition) is 3. The Morgan fingerprint density at radius 2 is 1.81 bits per heavy atom. The highest BCUT2D eigenvalue weighted by Gasteiger charge is 2.21. The zero-order valence-electron chi connectivity index (χ0n) is 14.4. The molecular formula is C19H20N4O3. The molecule has 4 amide bonds. The molecule has 0 unspecified atom stereocenters. The van der Waals surface area contributed by atoms with E-state index in [1.165, 1.54) is 0 Å². The standard InChI is InChI=1S/C19H20N4O3/c1-20-17(24)14-5-2-4-13(10-14)12-22-18(25)15-6-3-7-16(11-15)23-9-8-21-19(23)26/h2-7,10-11H,8-9,12H2,1H3,(H,20,24)(H,21,26)(H,22,25). The van der Waals surface area contributed by atoms with Gasteiger partial charge < -0.3 is 16.0 Å². The quantitative estimate of drug-likeness (QED) is 0.762. The highest BCUT2D eigenvalue weighted by Crippen LogP contribution is 2.18. The monoisotopic (exact) mass is 352 g/mol. The summed E-state index contributed by atoms with van der Waals surface area (Å²) in [4.78, 5) is 37.5. The van der Waals surface area contributed by atoms with Crippen molar-refractivity contribution in [2.24, 2.45) is 0 Å². The molecule has 0 saturated carbocycles. The van der Waals surface area contributed by atoms with Crippen LogP contribution in [0.2, 0.25) is 0 Å². The minimum atomic E-state index is -0.239. The number of benzene rings is 2. The summed E-state index contributed by atoms with van der Waals surface area (Å²) in [6.07, 6.45) is 0. The van der Waals surface area contributed by atoms with Crippen LogP contribution in [0.3, 0.4) is 0 Å². The number of amides is 4. The first-order chi connectivity index (χ1) is 12.6. The van der Waals surface area contributed by atoms with E-state index in [0.29, 0.717) is 36.4 Å². The summed E-state index contributed by atoms with van der Waals surface area (Å²) in [6.45, 7) is 1.48. The maximum absolute atomic E-state index is 12.4. The number of nitrogens with zero attached hydrogens (tertiary/aromatic N) is 1. The molecular weight excluding hydrogens is 332 g/mol. The van der Waals surface area contributed by atoms with Crippen LogP contribution in [0.5, 0.6) is 0 Å². The van der Waals surface area contributed by atoms with Crippen LogP contribution in [-0.2, 0) is 6.54 Å². The first-order valence-corrected chi connectivity index (χ1v) is 8.33. The lowest BCUT2D eigenvalue weighted by molar-refractivity contribution is 0.0948. The van der Waals surface area contributed by atoms with E-state index in [4.69, 9.17) is 0 Å². The molecule has 1 heterocycles. The molecule has 0 atom stereocenters. The molecule has 3 rings (SSSR count). The van der Waals surface area contributed by atoms with Gasteiger partial charge in [0.1, 0.15) is 0 Å². The van der Waals surface area contributed by atoms with Crippen molar-refractivity contribution >= 4 is 23.5 Å². The molecule has 0 spiro atoms. The predicted octanol–water partition coefficient (Wildman–Crippen LogP) is 1.51. The van der Waals surface area contributed by atoms with Gasteiger partial charge in [0, 0.05) is 43.5 Å². The highest BCUT2D eigenvalue weighted by atomic mass is 16.2. The average molecular weight is 352 g/mol. The van der Waals surface area contributed by atoms with Crippen molar-refractivity contribution in [3.05, 3.63) is 65.2 Å². The normalized spacial score (nSPS) is 13.3. The SMILES string of the molecule is CNC(=O)c1cccc(CNC(=O)c2cccc(N3CCNC3=O)c2)c1. The van der Waals surface area contributed by atoms with Crippen molar-refractivity contribution in [3.63, 3.8) is 0 Å². The van der Waals surface area contributed by atoms with Gasteiger partial charge in [-0.25, -0.2) is 4.79 Å². The molecule has 26 heavy (non-hydrogen) atoms. The van der Waals surface area contributed by atoms with Gasteiger partial charge in [-0.1, -0.05) is 18.2 Å². The van der Waals surface area contributed by atoms with Crippen molar-refractivity contribution < 1.29 is 14.4 Å². The zero-order valence-corrected chi connectivity index (χ0v) is 14.4. The van der Waals surface area contributed by atoms with Crippen LogP contribution in [0.25, 0.3) is 0 Å². The third-order valence-electron chi connectivity index (χ3n) is 4.15. The maximum Gasteiger partial charge on any atom is 0.321 e. The number of carbonyl (C=O) groups excluding carboxylic acids is 3. The van der Waals surface area contributed by atoms with Gasteiger partial charge in [-0.2, -0.15) is 0 Å². The van der Waals surface area contributed by atoms with Crippen LogP contribution >= 0.6 is 0 Å². The predicted molar refractivity (Wildman–Crippen MR) is 98.2 cm³/mol. The Morgan fingerprint density at radius 3 is 2.50 bits per heavy atom. The molecule has 0 radical (unpaired) electrons. The number of rotatable bonds is 5. The molecule has 1 fully saturated rings. The van der Waals surface area contributed by atoms with Crippen molar-refractivity contribution in [2.45, 2.75) is 6.54 Å². The molecule has 134 valence electrons. The largest absolute Gasteiger partial charge is 0.355 e. The fourth-order valence-corrected chi connectivity index (χ4v) is 2.78. The van der Waals surface area contributed by atoms with Crippen molar-refractivity contribution in [2.75, 3.05) is 25.0 Å². The molecule has 1 aliphatic rings. The van der Waals surface area contributed by atoms with Gasteiger partial charge in [0.25, 0.3) is 11.8 Å². The Morgan fingerprint density at radius 1 is 1.08 bits per heavy atom. The maximum atomic E-state index is 12.4. The van der Waals surface area contributed by atoms with Gasteiger partial charge in [0.15, 0.2) is 0 Å².